The Morgan fingerprint density at radius 1 is 1.00 bits per heavy atom. The van der Waals surface area contributed by atoms with Crippen LogP contribution in [0.3, 0.4) is 0 Å². The summed E-state index contributed by atoms with van der Waals surface area (Å²) in [5, 5.41) is 0. The van der Waals surface area contributed by atoms with Crippen LogP contribution in [0.1, 0.15) is 32.1 Å². The molecule has 2 atom stereocenters. The molecule has 1 heterocycles. The molecule has 2 unspecified atom stereocenters. The van der Waals surface area contributed by atoms with Gasteiger partial charge >= 0.3 is 0 Å². The van der Waals surface area contributed by atoms with E-state index < -0.39 is 8.87 Å². The van der Waals surface area contributed by atoms with Crippen molar-refractivity contribution >= 4 is 19.7 Å². The lowest BCUT2D eigenvalue weighted by molar-refractivity contribution is 0.256. The van der Waals surface area contributed by atoms with Crippen LogP contribution in [0.5, 0.6) is 0 Å². The van der Waals surface area contributed by atoms with E-state index in [4.69, 9.17) is 0 Å². The van der Waals surface area contributed by atoms with E-state index in [0.29, 0.717) is 17.6 Å². The molecule has 0 bridgehead atoms. The zero-order valence-corrected chi connectivity index (χ0v) is 9.37. The van der Waals surface area contributed by atoms with E-state index in [-0.39, 0.29) is 0 Å². The fourth-order valence-electron chi connectivity index (χ4n) is 2.43. The fraction of sp³-hybridized carbons (Fsp3) is 1.00. The molecule has 76 valence electrons. The molecule has 2 fully saturated rings. The second-order valence-electron chi connectivity index (χ2n) is 4.14. The van der Waals surface area contributed by atoms with Crippen molar-refractivity contribution in [1.82, 2.24) is 0 Å². The molecule has 0 aromatic heterocycles. The molecule has 4 heteroatoms. The van der Waals surface area contributed by atoms with E-state index in [1.807, 2.05) is 0 Å². The van der Waals surface area contributed by atoms with E-state index >= 15 is 0 Å². The van der Waals surface area contributed by atoms with Gasteiger partial charge in [-0.1, -0.05) is 19.3 Å². The van der Waals surface area contributed by atoms with Crippen LogP contribution < -0.4 is 0 Å². The first-order chi connectivity index (χ1) is 6.17. The van der Waals surface area contributed by atoms with Gasteiger partial charge in [0.1, 0.15) is 0 Å². The van der Waals surface area contributed by atoms with Gasteiger partial charge < -0.3 is 0 Å². The van der Waals surface area contributed by atoms with Crippen molar-refractivity contribution in [3.8, 4) is 0 Å². The first-order valence-electron chi connectivity index (χ1n) is 5.04. The van der Waals surface area contributed by atoms with Gasteiger partial charge in [0.2, 0.25) is 8.87 Å². The topological polar surface area (TPSA) is 34.1 Å². The first-order valence-corrected chi connectivity index (χ1v) is 8.20. The summed E-state index contributed by atoms with van der Waals surface area (Å²) in [6.07, 6.45) is 6.06. The standard InChI is InChI=1S/C9H16O2S2/c10-13(11)6-5-8-3-1-2-4-9(8)7-12-13/h8-9H,1-7H2. The van der Waals surface area contributed by atoms with Crippen LogP contribution in [-0.4, -0.2) is 19.9 Å². The Labute approximate surface area is 83.8 Å². The lowest BCUT2D eigenvalue weighted by atomic mass is 9.79. The molecular formula is C9H16O2S2. The maximum absolute atomic E-state index is 11.4. The Kier molecular flexibility index (Phi) is 2.88. The molecule has 2 aliphatic rings. The van der Waals surface area contributed by atoms with Crippen molar-refractivity contribution in [2.75, 3.05) is 11.5 Å². The third kappa shape index (κ3) is 2.40. The van der Waals surface area contributed by atoms with Crippen molar-refractivity contribution in [2.45, 2.75) is 32.1 Å². The normalized spacial score (nSPS) is 39.1. The van der Waals surface area contributed by atoms with E-state index in [1.54, 1.807) is 0 Å². The summed E-state index contributed by atoms with van der Waals surface area (Å²) >= 11 is 0. The largest absolute Gasteiger partial charge is 0.217 e. The van der Waals surface area contributed by atoms with Gasteiger partial charge in [-0.15, -0.1) is 0 Å². The van der Waals surface area contributed by atoms with Gasteiger partial charge in [0.25, 0.3) is 0 Å². The molecule has 1 saturated heterocycles. The average molecular weight is 220 g/mol. The van der Waals surface area contributed by atoms with Crippen LogP contribution in [0, 0.1) is 11.8 Å². The summed E-state index contributed by atoms with van der Waals surface area (Å²) < 4.78 is 22.8. The Morgan fingerprint density at radius 2 is 1.69 bits per heavy atom. The summed E-state index contributed by atoms with van der Waals surface area (Å²) in [6.45, 7) is 0. The zero-order chi connectivity index (χ0) is 9.31. The van der Waals surface area contributed by atoms with Gasteiger partial charge in [0.05, 0.1) is 5.75 Å². The molecular weight excluding hydrogens is 204 g/mol. The Bertz CT molecular complexity index is 249. The average Bonchev–Trinajstić information content (AvgIpc) is 2.27. The van der Waals surface area contributed by atoms with Crippen molar-refractivity contribution in [3.05, 3.63) is 0 Å². The summed E-state index contributed by atoms with van der Waals surface area (Å²) in [5.41, 5.74) is 0. The number of fused-ring (bicyclic) bond motifs is 1. The van der Waals surface area contributed by atoms with Crippen molar-refractivity contribution < 1.29 is 8.42 Å². The summed E-state index contributed by atoms with van der Waals surface area (Å²) in [6, 6.07) is 0. The Balaban J connectivity index is 2.07. The maximum atomic E-state index is 11.4. The lowest BCUT2D eigenvalue weighted by Gasteiger charge is -2.28. The van der Waals surface area contributed by atoms with Crippen LogP contribution in [0.4, 0.5) is 0 Å². The van der Waals surface area contributed by atoms with E-state index in [0.717, 1.165) is 12.2 Å². The van der Waals surface area contributed by atoms with E-state index in [9.17, 15) is 8.42 Å². The molecule has 0 N–H and O–H groups in total. The zero-order valence-electron chi connectivity index (χ0n) is 7.74. The summed E-state index contributed by atoms with van der Waals surface area (Å²) in [5.74, 6) is 2.67. The van der Waals surface area contributed by atoms with E-state index in [2.05, 4.69) is 0 Å². The number of rotatable bonds is 0. The molecule has 1 aliphatic heterocycles. The van der Waals surface area contributed by atoms with Crippen molar-refractivity contribution in [1.29, 1.82) is 0 Å². The third-order valence-corrected chi connectivity index (χ3v) is 6.91. The second-order valence-corrected chi connectivity index (χ2v) is 8.46. The molecule has 2 rings (SSSR count). The van der Waals surface area contributed by atoms with Gasteiger partial charge in [-0.2, -0.15) is 0 Å². The van der Waals surface area contributed by atoms with Crippen LogP contribution in [0.25, 0.3) is 0 Å². The van der Waals surface area contributed by atoms with E-state index in [1.165, 1.54) is 36.5 Å². The summed E-state index contributed by atoms with van der Waals surface area (Å²) in [7, 11) is -1.56. The van der Waals surface area contributed by atoms with Crippen LogP contribution in [0.15, 0.2) is 0 Å². The predicted molar refractivity (Wildman–Crippen MR) is 56.3 cm³/mol. The quantitative estimate of drug-likeness (QED) is 0.587. The lowest BCUT2D eigenvalue weighted by Crippen LogP contribution is -2.20. The van der Waals surface area contributed by atoms with Crippen LogP contribution >= 0.6 is 10.8 Å². The predicted octanol–water partition coefficient (Wildman–Crippen LogP) is 2.26. The minimum absolute atomic E-state index is 0.416. The SMILES string of the molecule is O=S1(=O)CCC2CCCCC2CS1. The molecule has 0 radical (unpaired) electrons. The maximum Gasteiger partial charge on any atom is 0.201 e. The Morgan fingerprint density at radius 3 is 2.46 bits per heavy atom. The molecule has 0 spiro atoms. The fourth-order valence-corrected chi connectivity index (χ4v) is 5.75. The highest BCUT2D eigenvalue weighted by Gasteiger charge is 2.31. The number of hydrogen-bond donors (Lipinski definition) is 0. The number of hydrogen-bond acceptors (Lipinski definition) is 3. The molecule has 1 saturated carbocycles. The van der Waals surface area contributed by atoms with Crippen LogP contribution in [-0.2, 0) is 8.87 Å². The van der Waals surface area contributed by atoms with Crippen LogP contribution in [0.2, 0.25) is 0 Å². The monoisotopic (exact) mass is 220 g/mol. The van der Waals surface area contributed by atoms with Gasteiger partial charge in [-0.05, 0) is 35.5 Å². The van der Waals surface area contributed by atoms with Crippen molar-refractivity contribution in [2.24, 2.45) is 11.8 Å². The smallest absolute Gasteiger partial charge is 0.201 e. The highest BCUT2D eigenvalue weighted by Crippen LogP contribution is 2.39. The van der Waals surface area contributed by atoms with Gasteiger partial charge in [-0.3, -0.25) is 0 Å². The highest BCUT2D eigenvalue weighted by molar-refractivity contribution is 8.72. The highest BCUT2D eigenvalue weighted by atomic mass is 33.1. The summed E-state index contributed by atoms with van der Waals surface area (Å²) in [4.78, 5) is 0. The van der Waals surface area contributed by atoms with Crippen molar-refractivity contribution in [3.63, 3.8) is 0 Å². The minimum Gasteiger partial charge on any atom is -0.217 e. The second kappa shape index (κ2) is 3.81. The molecule has 2 nitrogen and oxygen atoms in total. The minimum atomic E-state index is -2.76. The molecule has 1 aliphatic carbocycles. The first kappa shape index (κ1) is 9.84. The van der Waals surface area contributed by atoms with Gasteiger partial charge in [0, 0.05) is 5.75 Å². The molecule has 0 aromatic carbocycles. The third-order valence-electron chi connectivity index (χ3n) is 3.27. The van der Waals surface area contributed by atoms with Gasteiger partial charge in [0.15, 0.2) is 0 Å². The molecule has 0 amide bonds. The molecule has 0 aromatic rings. The van der Waals surface area contributed by atoms with Gasteiger partial charge in [-0.25, -0.2) is 8.42 Å². The Hall–Kier alpha value is 0.300. The molecule has 13 heavy (non-hydrogen) atoms.